The molecule has 0 radical (unpaired) electrons. The predicted molar refractivity (Wildman–Crippen MR) is 399 cm³/mol. The number of aryl methyl sites for hydroxylation is 6. The molecule has 0 unspecified atom stereocenters. The van der Waals surface area contributed by atoms with E-state index in [1.165, 1.54) is 131 Å². The molecule has 0 amide bonds. The summed E-state index contributed by atoms with van der Waals surface area (Å²) in [6.45, 7) is 45.6. The van der Waals surface area contributed by atoms with E-state index in [4.69, 9.17) is 0 Å². The van der Waals surface area contributed by atoms with E-state index in [0.717, 1.165) is 19.6 Å². The molecule has 462 valence electrons. The number of hydrogen-bond donors (Lipinski definition) is 0. The first kappa shape index (κ1) is 71.3. The fraction of sp³-hybridized carbons (Fsp3) is 0.333. The lowest BCUT2D eigenvalue weighted by molar-refractivity contribution is 0.827. The van der Waals surface area contributed by atoms with Gasteiger partial charge in [0, 0.05) is 150 Å². The lowest BCUT2D eigenvalue weighted by Gasteiger charge is -2.05. The summed E-state index contributed by atoms with van der Waals surface area (Å²) < 4.78 is 14.3. The van der Waals surface area contributed by atoms with Gasteiger partial charge in [-0.2, -0.15) is 0 Å². The average Bonchev–Trinajstić information content (AvgIpc) is 1.66. The zero-order valence-corrected chi connectivity index (χ0v) is 58.1. The first-order chi connectivity index (χ1) is 42.9. The monoisotopic (exact) mass is 1160 g/mol. The Hall–Kier alpha value is -8.22. The molecule has 15 rings (SSSR count). The van der Waals surface area contributed by atoms with Crippen LogP contribution in [0.25, 0.3) is 131 Å². The van der Waals surface area contributed by atoms with E-state index < -0.39 is 0 Å². The van der Waals surface area contributed by atoms with Crippen molar-refractivity contribution >= 4 is 131 Å². The normalized spacial score (nSPS) is 10.2. The summed E-state index contributed by atoms with van der Waals surface area (Å²) >= 11 is 0. The molecular weight excluding hydrogens is 1060 g/mol. The smallest absolute Gasteiger partial charge is 0.0592 e. The lowest BCUT2D eigenvalue weighted by atomic mass is 10.1. The van der Waals surface area contributed by atoms with Crippen molar-refractivity contribution in [3.8, 4) is 0 Å². The molecule has 0 aliphatic carbocycles. The molecule has 6 heteroatoms. The maximum atomic E-state index is 2.46. The maximum absolute atomic E-state index is 2.46. The second-order valence-corrected chi connectivity index (χ2v) is 18.6. The third kappa shape index (κ3) is 12.9. The largest absolute Gasteiger partial charge is 0.344 e. The van der Waals surface area contributed by atoms with Crippen molar-refractivity contribution < 1.29 is 0 Å². The highest BCUT2D eigenvalue weighted by molar-refractivity contribution is 6.26. The van der Waals surface area contributed by atoms with Crippen LogP contribution in [0.3, 0.4) is 0 Å². The molecule has 0 fully saturated rings. The number of nitrogens with zero attached hydrogens (tertiary/aromatic N) is 6. The van der Waals surface area contributed by atoms with Crippen LogP contribution in [0.2, 0.25) is 0 Å². The summed E-state index contributed by atoms with van der Waals surface area (Å²) in [4.78, 5) is 0. The van der Waals surface area contributed by atoms with Gasteiger partial charge in [0.15, 0.2) is 0 Å². The molecule has 9 aromatic carbocycles. The Labute approximate surface area is 523 Å². The molecule has 15 aromatic rings. The molecule has 6 nitrogen and oxygen atoms in total. The van der Waals surface area contributed by atoms with Gasteiger partial charge < -0.3 is 27.4 Å². The summed E-state index contributed by atoms with van der Waals surface area (Å²) in [7, 11) is 6.51. The molecule has 0 atom stereocenters. The SMILES string of the molecule is CC.CC.CC.CC.CC.CC.CC.CC.CC.CCn1c2ccccc2c2c3c(ccc21)c1ccccc1n3C.CCn1c2ccccc2c2cc3c(cc21)c1ccccc1n3C.CCn1c2ccccc2c2ccc3c(c4ccccc4n3C)c21. The fourth-order valence-electron chi connectivity index (χ4n) is 12.3. The van der Waals surface area contributed by atoms with E-state index >= 15 is 0 Å². The van der Waals surface area contributed by atoms with Crippen LogP contribution in [0.5, 0.6) is 0 Å². The van der Waals surface area contributed by atoms with Gasteiger partial charge in [0.1, 0.15) is 0 Å². The quantitative estimate of drug-likeness (QED) is 0.169. The molecular formula is C81H108N6. The molecule has 0 N–H and O–H groups in total. The fourth-order valence-corrected chi connectivity index (χ4v) is 12.3. The minimum atomic E-state index is 0.979. The van der Waals surface area contributed by atoms with Crippen LogP contribution in [-0.4, -0.2) is 27.4 Å². The molecule has 0 saturated heterocycles. The number of hydrogen-bond acceptors (Lipinski definition) is 0. The van der Waals surface area contributed by atoms with E-state index in [1.807, 2.05) is 125 Å². The van der Waals surface area contributed by atoms with Gasteiger partial charge in [0.2, 0.25) is 0 Å². The number of benzene rings is 9. The molecule has 0 aliphatic rings. The van der Waals surface area contributed by atoms with Crippen LogP contribution in [-0.2, 0) is 40.8 Å². The van der Waals surface area contributed by atoms with Crippen LogP contribution in [0.4, 0.5) is 0 Å². The van der Waals surface area contributed by atoms with Gasteiger partial charge in [-0.25, -0.2) is 0 Å². The average molecular weight is 1170 g/mol. The number of para-hydroxylation sites is 6. The van der Waals surface area contributed by atoms with Crippen LogP contribution in [0.1, 0.15) is 145 Å². The van der Waals surface area contributed by atoms with E-state index in [9.17, 15) is 0 Å². The molecule has 0 aliphatic heterocycles. The highest BCUT2D eigenvalue weighted by atomic mass is 15.0. The maximum Gasteiger partial charge on any atom is 0.0592 e. The third-order valence-electron chi connectivity index (χ3n) is 15.4. The summed E-state index contributed by atoms with van der Waals surface area (Å²) in [5, 5.41) is 16.2. The Morgan fingerprint density at radius 1 is 0.207 bits per heavy atom. The Kier molecular flexibility index (Phi) is 28.5. The van der Waals surface area contributed by atoms with Crippen molar-refractivity contribution in [3.05, 3.63) is 182 Å². The third-order valence-corrected chi connectivity index (χ3v) is 15.4. The summed E-state index contributed by atoms with van der Waals surface area (Å²) in [5.74, 6) is 0. The highest BCUT2D eigenvalue weighted by Crippen LogP contribution is 2.41. The first-order valence-electron chi connectivity index (χ1n) is 33.5. The molecule has 0 spiro atoms. The summed E-state index contributed by atoms with van der Waals surface area (Å²) in [5.41, 5.74) is 15.8. The van der Waals surface area contributed by atoms with E-state index in [0.29, 0.717) is 0 Å². The standard InChI is InChI=1S/3C21H18N2.9C2H6/c1-3-23-18-11-7-4-8-14(18)15-12-13-19-20(21(15)23)16-9-5-6-10-17(16)22(19)2;1-3-23-19-11-7-5-9-15(19)17-12-20-16(13-21(17)23)14-8-4-6-10-18(14)22(20)2;1-3-23-18-11-7-5-9-16(18)20-19(23)13-12-15-14-8-4-6-10-17(14)22(2)21(15)20;9*1-2/h3*4-13H,3H2,1-2H3;9*1-2H3. The second kappa shape index (κ2) is 34.8. The van der Waals surface area contributed by atoms with Gasteiger partial charge in [0.05, 0.1) is 22.1 Å². The molecule has 0 saturated carbocycles. The van der Waals surface area contributed by atoms with Crippen LogP contribution >= 0.6 is 0 Å². The highest BCUT2D eigenvalue weighted by Gasteiger charge is 2.19. The predicted octanol–water partition coefficient (Wildman–Crippen LogP) is 25.6. The number of aromatic nitrogens is 6. The summed E-state index contributed by atoms with van der Waals surface area (Å²) in [6, 6.07) is 66.1. The summed E-state index contributed by atoms with van der Waals surface area (Å²) in [6.07, 6.45) is 0. The van der Waals surface area contributed by atoms with Crippen LogP contribution < -0.4 is 0 Å². The van der Waals surface area contributed by atoms with Crippen molar-refractivity contribution in [1.82, 2.24) is 27.4 Å². The Balaban J connectivity index is 0.000000247. The molecule has 0 bridgehead atoms. The first-order valence-corrected chi connectivity index (χ1v) is 33.5. The van der Waals surface area contributed by atoms with Crippen molar-refractivity contribution in [2.45, 2.75) is 165 Å². The van der Waals surface area contributed by atoms with Crippen molar-refractivity contribution in [1.29, 1.82) is 0 Å². The molecule has 6 aromatic heterocycles. The van der Waals surface area contributed by atoms with Gasteiger partial charge in [-0.3, -0.25) is 0 Å². The van der Waals surface area contributed by atoms with Gasteiger partial charge in [-0.05, 0) is 81.4 Å². The van der Waals surface area contributed by atoms with Gasteiger partial charge in [-0.1, -0.05) is 246 Å². The van der Waals surface area contributed by atoms with E-state index in [1.54, 1.807) is 0 Å². The second-order valence-electron chi connectivity index (χ2n) is 18.6. The van der Waals surface area contributed by atoms with Gasteiger partial charge in [-0.15, -0.1) is 0 Å². The van der Waals surface area contributed by atoms with Crippen molar-refractivity contribution in [2.75, 3.05) is 0 Å². The van der Waals surface area contributed by atoms with Crippen LogP contribution in [0, 0.1) is 0 Å². The Bertz CT molecular complexity index is 4540. The Morgan fingerprint density at radius 3 is 0.954 bits per heavy atom. The Morgan fingerprint density at radius 2 is 0.483 bits per heavy atom. The topological polar surface area (TPSA) is 29.6 Å². The minimum Gasteiger partial charge on any atom is -0.344 e. The minimum absolute atomic E-state index is 0.979. The number of rotatable bonds is 3. The molecule has 87 heavy (non-hydrogen) atoms. The molecule has 6 heterocycles. The zero-order chi connectivity index (χ0) is 64.7. The van der Waals surface area contributed by atoms with Crippen molar-refractivity contribution in [3.63, 3.8) is 0 Å². The van der Waals surface area contributed by atoms with Crippen LogP contribution in [0.15, 0.2) is 182 Å². The zero-order valence-electron chi connectivity index (χ0n) is 58.1. The number of fused-ring (bicyclic) bond motifs is 20. The van der Waals surface area contributed by atoms with E-state index in [2.05, 4.69) is 251 Å². The van der Waals surface area contributed by atoms with Crippen molar-refractivity contribution in [2.24, 2.45) is 21.1 Å². The lowest BCUT2D eigenvalue weighted by Crippen LogP contribution is -1.93. The van der Waals surface area contributed by atoms with Gasteiger partial charge in [0.25, 0.3) is 0 Å². The van der Waals surface area contributed by atoms with E-state index in [-0.39, 0.29) is 0 Å². The van der Waals surface area contributed by atoms with Gasteiger partial charge >= 0.3 is 0 Å².